The van der Waals surface area contributed by atoms with Crippen molar-refractivity contribution in [1.29, 1.82) is 0 Å². The first-order valence-corrected chi connectivity index (χ1v) is 10.6. The lowest BCUT2D eigenvalue weighted by Crippen LogP contribution is -2.53. The summed E-state index contributed by atoms with van der Waals surface area (Å²) in [5.74, 6) is 1.45. The summed E-state index contributed by atoms with van der Waals surface area (Å²) < 4.78 is 0. The summed E-state index contributed by atoms with van der Waals surface area (Å²) in [5.41, 5.74) is 3.90. The second kappa shape index (κ2) is 7.42. The molecular formula is C24H27N3O. The van der Waals surface area contributed by atoms with Crippen LogP contribution in [0.2, 0.25) is 0 Å². The number of nitrogens with zero attached hydrogens (tertiary/aromatic N) is 2. The van der Waals surface area contributed by atoms with Gasteiger partial charge in [-0.25, -0.2) is 4.98 Å². The minimum atomic E-state index is 0.160. The second-order valence-corrected chi connectivity index (χ2v) is 8.36. The molecule has 2 fully saturated rings. The third-order valence-electron chi connectivity index (χ3n) is 6.81. The molecule has 4 heteroatoms. The van der Waals surface area contributed by atoms with Crippen molar-refractivity contribution in [2.75, 3.05) is 6.54 Å². The monoisotopic (exact) mass is 373 g/mol. The molecule has 5 rings (SSSR count). The van der Waals surface area contributed by atoms with Crippen molar-refractivity contribution in [2.45, 2.75) is 44.6 Å². The molecule has 4 nitrogen and oxygen atoms in total. The highest BCUT2D eigenvalue weighted by Crippen LogP contribution is 2.41. The maximum absolute atomic E-state index is 13.5. The standard InChI is InChI=1S/C24H27N3O/c28-24(20-10-6-11-21-23(20)26-16-25-21)27-14-13-18(15-17-7-2-1-3-8-17)19-9-4-5-12-22(19)27/h1-3,6-8,10-11,16,18-19,22H,4-5,9,12-15H2,(H,25,26)/t18-,19?,22?/m1/s1. The van der Waals surface area contributed by atoms with Gasteiger partial charge in [-0.3, -0.25) is 4.79 Å². The molecule has 1 saturated carbocycles. The number of amides is 1. The van der Waals surface area contributed by atoms with Gasteiger partial charge in [0.05, 0.1) is 17.4 Å². The topological polar surface area (TPSA) is 49.0 Å². The third-order valence-corrected chi connectivity index (χ3v) is 6.81. The Labute approximate surface area is 166 Å². The Morgan fingerprint density at radius 2 is 1.89 bits per heavy atom. The van der Waals surface area contributed by atoms with E-state index < -0.39 is 0 Å². The van der Waals surface area contributed by atoms with E-state index in [0.29, 0.717) is 17.9 Å². The fourth-order valence-electron chi connectivity index (χ4n) is 5.48. The van der Waals surface area contributed by atoms with Gasteiger partial charge < -0.3 is 9.88 Å². The molecule has 28 heavy (non-hydrogen) atoms. The Morgan fingerprint density at radius 3 is 2.79 bits per heavy atom. The third kappa shape index (κ3) is 3.11. The summed E-state index contributed by atoms with van der Waals surface area (Å²) in [4.78, 5) is 23.2. The van der Waals surface area contributed by atoms with Crippen molar-refractivity contribution in [3.63, 3.8) is 0 Å². The van der Waals surface area contributed by atoms with Crippen LogP contribution < -0.4 is 0 Å². The van der Waals surface area contributed by atoms with E-state index in [2.05, 4.69) is 45.2 Å². The number of benzene rings is 2. The molecule has 1 saturated heterocycles. The Morgan fingerprint density at radius 1 is 1.04 bits per heavy atom. The van der Waals surface area contributed by atoms with Crippen LogP contribution in [0.5, 0.6) is 0 Å². The summed E-state index contributed by atoms with van der Waals surface area (Å²) in [6, 6.07) is 17.1. The summed E-state index contributed by atoms with van der Waals surface area (Å²) >= 11 is 0. The maximum atomic E-state index is 13.5. The Kier molecular flexibility index (Phi) is 4.63. The number of para-hydroxylation sites is 1. The number of fused-ring (bicyclic) bond motifs is 2. The van der Waals surface area contributed by atoms with Crippen LogP contribution in [0.25, 0.3) is 11.0 Å². The number of carbonyl (C=O) groups excluding carboxylic acids is 1. The zero-order valence-electron chi connectivity index (χ0n) is 16.2. The van der Waals surface area contributed by atoms with Gasteiger partial charge in [-0.15, -0.1) is 0 Å². The predicted octanol–water partition coefficient (Wildman–Crippen LogP) is 4.83. The van der Waals surface area contributed by atoms with Crippen LogP contribution in [0.3, 0.4) is 0 Å². The zero-order chi connectivity index (χ0) is 18.9. The number of aromatic nitrogens is 2. The molecule has 144 valence electrons. The number of carbonyl (C=O) groups is 1. The minimum Gasteiger partial charge on any atom is -0.345 e. The van der Waals surface area contributed by atoms with Crippen LogP contribution in [0.1, 0.15) is 48.0 Å². The van der Waals surface area contributed by atoms with Crippen molar-refractivity contribution < 1.29 is 4.79 Å². The van der Waals surface area contributed by atoms with E-state index in [9.17, 15) is 4.79 Å². The van der Waals surface area contributed by atoms with E-state index in [-0.39, 0.29) is 5.91 Å². The first kappa shape index (κ1) is 17.5. The van der Waals surface area contributed by atoms with Gasteiger partial charge in [-0.05, 0) is 55.2 Å². The molecule has 2 aromatic carbocycles. The van der Waals surface area contributed by atoms with Gasteiger partial charge in [-0.2, -0.15) is 0 Å². The van der Waals surface area contributed by atoms with Crippen molar-refractivity contribution in [2.24, 2.45) is 11.8 Å². The second-order valence-electron chi connectivity index (χ2n) is 8.36. The summed E-state index contributed by atoms with van der Waals surface area (Å²) in [6.07, 6.45) is 8.82. The Hall–Kier alpha value is -2.62. The fourth-order valence-corrected chi connectivity index (χ4v) is 5.48. The number of imidazole rings is 1. The van der Waals surface area contributed by atoms with Gasteiger partial charge in [0.25, 0.3) is 5.91 Å². The van der Waals surface area contributed by atoms with Crippen LogP contribution in [0.4, 0.5) is 0 Å². The van der Waals surface area contributed by atoms with Crippen LogP contribution >= 0.6 is 0 Å². The first-order valence-electron chi connectivity index (χ1n) is 10.6. The van der Waals surface area contributed by atoms with Crippen molar-refractivity contribution in [1.82, 2.24) is 14.9 Å². The molecule has 1 aliphatic carbocycles. The molecule has 0 bridgehead atoms. The fraction of sp³-hybridized carbons (Fsp3) is 0.417. The highest BCUT2D eigenvalue weighted by molar-refractivity contribution is 6.04. The SMILES string of the molecule is O=C(c1cccc2[nH]cnc12)N1CC[C@H](Cc2ccccc2)C2CCCCC21. The highest BCUT2D eigenvalue weighted by atomic mass is 16.2. The van der Waals surface area contributed by atoms with Gasteiger partial charge in [0.15, 0.2) is 0 Å². The number of rotatable bonds is 3. The summed E-state index contributed by atoms with van der Waals surface area (Å²) in [6.45, 7) is 0.859. The lowest BCUT2D eigenvalue weighted by atomic mass is 9.70. The largest absolute Gasteiger partial charge is 0.345 e. The number of likely N-dealkylation sites (tertiary alicyclic amines) is 1. The van der Waals surface area contributed by atoms with E-state index in [1.165, 1.54) is 24.8 Å². The van der Waals surface area contributed by atoms with E-state index in [0.717, 1.165) is 42.4 Å². The van der Waals surface area contributed by atoms with Crippen molar-refractivity contribution in [3.8, 4) is 0 Å². The first-order chi connectivity index (χ1) is 13.8. The lowest BCUT2D eigenvalue weighted by Gasteiger charge is -2.48. The van der Waals surface area contributed by atoms with Crippen LogP contribution in [0.15, 0.2) is 54.9 Å². The van der Waals surface area contributed by atoms with Gasteiger partial charge in [-0.1, -0.05) is 49.2 Å². The van der Waals surface area contributed by atoms with E-state index >= 15 is 0 Å². The normalized spacial score (nSPS) is 24.9. The predicted molar refractivity (Wildman–Crippen MR) is 111 cm³/mol. The lowest BCUT2D eigenvalue weighted by molar-refractivity contribution is 0.0180. The maximum Gasteiger partial charge on any atom is 0.256 e. The number of H-pyrrole nitrogens is 1. The number of hydrogen-bond acceptors (Lipinski definition) is 2. The molecule has 1 aromatic heterocycles. The number of hydrogen-bond donors (Lipinski definition) is 1. The number of piperidine rings is 1. The molecule has 2 heterocycles. The van der Waals surface area contributed by atoms with Gasteiger partial charge in [0.2, 0.25) is 0 Å². The van der Waals surface area contributed by atoms with Gasteiger partial charge >= 0.3 is 0 Å². The molecule has 3 atom stereocenters. The molecule has 0 spiro atoms. The smallest absolute Gasteiger partial charge is 0.256 e. The summed E-state index contributed by atoms with van der Waals surface area (Å²) in [5, 5.41) is 0. The van der Waals surface area contributed by atoms with Crippen molar-refractivity contribution >= 4 is 16.9 Å². The average Bonchev–Trinajstić information content (AvgIpc) is 3.23. The minimum absolute atomic E-state index is 0.160. The number of aromatic amines is 1. The van der Waals surface area contributed by atoms with Crippen LogP contribution in [0, 0.1) is 11.8 Å². The Balaban J connectivity index is 1.41. The van der Waals surface area contributed by atoms with E-state index in [4.69, 9.17) is 0 Å². The van der Waals surface area contributed by atoms with Crippen LogP contribution in [-0.2, 0) is 6.42 Å². The molecule has 3 aromatic rings. The zero-order valence-corrected chi connectivity index (χ0v) is 16.2. The van der Waals surface area contributed by atoms with E-state index in [1.807, 2.05) is 18.2 Å². The van der Waals surface area contributed by atoms with Gasteiger partial charge in [0, 0.05) is 12.6 Å². The van der Waals surface area contributed by atoms with Crippen molar-refractivity contribution in [3.05, 3.63) is 66.0 Å². The van der Waals surface area contributed by atoms with Crippen LogP contribution in [-0.4, -0.2) is 33.4 Å². The summed E-state index contributed by atoms with van der Waals surface area (Å²) in [7, 11) is 0. The average molecular weight is 374 g/mol. The molecule has 2 aliphatic rings. The van der Waals surface area contributed by atoms with Gasteiger partial charge in [0.1, 0.15) is 5.52 Å². The molecule has 1 aliphatic heterocycles. The molecular weight excluding hydrogens is 346 g/mol. The molecule has 0 radical (unpaired) electrons. The molecule has 2 unspecified atom stereocenters. The quantitative estimate of drug-likeness (QED) is 0.715. The molecule has 1 N–H and O–H groups in total. The molecule has 1 amide bonds. The number of nitrogens with one attached hydrogen (secondary N) is 1. The van der Waals surface area contributed by atoms with E-state index in [1.54, 1.807) is 6.33 Å². The Bertz CT molecular complexity index is 964. The highest BCUT2D eigenvalue weighted by Gasteiger charge is 2.41.